The first-order valence-electron chi connectivity index (χ1n) is 9.07. The van der Waals surface area contributed by atoms with E-state index in [0.717, 1.165) is 25.9 Å². The van der Waals surface area contributed by atoms with E-state index in [1.165, 1.54) is 60.6 Å². The van der Waals surface area contributed by atoms with Crippen molar-refractivity contribution >= 4 is 0 Å². The van der Waals surface area contributed by atoms with Crippen molar-refractivity contribution in [3.05, 3.63) is 34.7 Å². The normalized spacial score (nSPS) is 21.7. The Kier molecular flexibility index (Phi) is 3.97. The van der Waals surface area contributed by atoms with Crippen molar-refractivity contribution < 1.29 is 0 Å². The quantitative estimate of drug-likeness (QED) is 0.944. The Bertz CT molecular complexity index is 660. The van der Waals surface area contributed by atoms with E-state index in [2.05, 4.69) is 28.1 Å². The van der Waals surface area contributed by atoms with Crippen LogP contribution in [-0.4, -0.2) is 31.2 Å². The van der Waals surface area contributed by atoms with Gasteiger partial charge in [-0.25, -0.2) is 4.98 Å². The van der Waals surface area contributed by atoms with Crippen LogP contribution in [0.5, 0.6) is 0 Å². The Morgan fingerprint density at radius 1 is 1.26 bits per heavy atom. The fraction of sp³-hybridized carbons (Fsp3) is 0.667. The third kappa shape index (κ3) is 2.82. The van der Waals surface area contributed by atoms with Crippen LogP contribution in [0.2, 0.25) is 0 Å². The van der Waals surface area contributed by atoms with Crippen LogP contribution >= 0.6 is 0 Å². The molecule has 0 amide bonds. The van der Waals surface area contributed by atoms with Crippen molar-refractivity contribution in [1.82, 2.24) is 24.6 Å². The molecule has 1 unspecified atom stereocenters. The van der Waals surface area contributed by atoms with Gasteiger partial charge >= 0.3 is 0 Å². The van der Waals surface area contributed by atoms with Gasteiger partial charge in [0.1, 0.15) is 5.82 Å². The van der Waals surface area contributed by atoms with Gasteiger partial charge in [0.25, 0.3) is 0 Å². The zero-order valence-electron chi connectivity index (χ0n) is 14.3. The highest BCUT2D eigenvalue weighted by molar-refractivity contribution is 5.21. The topological polar surface area (TPSA) is 49.7 Å². The van der Waals surface area contributed by atoms with Crippen molar-refractivity contribution in [2.75, 3.05) is 6.54 Å². The van der Waals surface area contributed by atoms with Gasteiger partial charge in [0.15, 0.2) is 0 Å². The third-order valence-corrected chi connectivity index (χ3v) is 5.35. The van der Waals surface area contributed by atoms with Crippen molar-refractivity contribution in [2.45, 2.75) is 64.5 Å². The van der Waals surface area contributed by atoms with Crippen LogP contribution in [0.3, 0.4) is 0 Å². The van der Waals surface area contributed by atoms with Crippen molar-refractivity contribution in [3.8, 4) is 0 Å². The Morgan fingerprint density at radius 2 is 2.13 bits per heavy atom. The fourth-order valence-corrected chi connectivity index (χ4v) is 4.19. The summed E-state index contributed by atoms with van der Waals surface area (Å²) in [5.74, 6) is 1.20. The van der Waals surface area contributed by atoms with E-state index in [-0.39, 0.29) is 0 Å². The summed E-state index contributed by atoms with van der Waals surface area (Å²) in [7, 11) is 2.02. The summed E-state index contributed by atoms with van der Waals surface area (Å²) in [6.45, 7) is 4.34. The monoisotopic (exact) mass is 313 g/mol. The number of aromatic nitrogens is 4. The van der Waals surface area contributed by atoms with E-state index in [1.54, 1.807) is 0 Å². The molecular formula is C18H27N5. The number of rotatable bonds is 4. The molecule has 3 heterocycles. The lowest BCUT2D eigenvalue weighted by Gasteiger charge is -2.22. The molecule has 23 heavy (non-hydrogen) atoms. The van der Waals surface area contributed by atoms with Gasteiger partial charge in [0.05, 0.1) is 17.4 Å². The lowest BCUT2D eigenvalue weighted by Crippen LogP contribution is -2.24. The number of aryl methyl sites for hydroxylation is 4. The van der Waals surface area contributed by atoms with Gasteiger partial charge in [-0.1, -0.05) is 6.92 Å². The largest absolute Gasteiger partial charge is 0.344 e. The summed E-state index contributed by atoms with van der Waals surface area (Å²) in [5.41, 5.74) is 5.33. The minimum Gasteiger partial charge on any atom is -0.344 e. The number of aromatic amines is 1. The molecule has 1 aliphatic heterocycles. The molecule has 0 radical (unpaired) electrons. The minimum absolute atomic E-state index is 0.450. The number of likely N-dealkylation sites (tertiary alicyclic amines) is 1. The maximum absolute atomic E-state index is 4.95. The molecule has 0 saturated carbocycles. The van der Waals surface area contributed by atoms with Gasteiger partial charge < -0.3 is 4.98 Å². The number of nitrogens with one attached hydrogen (secondary N) is 1. The first-order chi connectivity index (χ1) is 11.2. The Labute approximate surface area is 138 Å². The SMILES string of the molecule is CCc1nn(C)cc1CN1CCCC1c1nc2c([nH]1)CCCC2. The van der Waals surface area contributed by atoms with E-state index in [1.807, 2.05) is 11.7 Å². The molecule has 5 heteroatoms. The highest BCUT2D eigenvalue weighted by atomic mass is 15.3. The minimum atomic E-state index is 0.450. The number of nitrogens with zero attached hydrogens (tertiary/aromatic N) is 4. The second-order valence-corrected chi connectivity index (χ2v) is 7.01. The molecule has 5 nitrogen and oxygen atoms in total. The molecule has 0 bridgehead atoms. The molecule has 1 fully saturated rings. The summed E-state index contributed by atoms with van der Waals surface area (Å²) < 4.78 is 1.95. The molecule has 124 valence electrons. The standard InChI is InChI=1S/C18H27N5/c1-3-14-13(11-22(2)21-14)12-23-10-6-9-17(23)18-19-15-7-4-5-8-16(15)20-18/h11,17H,3-10,12H2,1-2H3,(H,19,20). The van der Waals surface area contributed by atoms with E-state index in [9.17, 15) is 0 Å². The third-order valence-electron chi connectivity index (χ3n) is 5.35. The molecule has 2 aromatic rings. The van der Waals surface area contributed by atoms with Crippen molar-refractivity contribution in [1.29, 1.82) is 0 Å². The van der Waals surface area contributed by atoms with E-state index in [0.29, 0.717) is 6.04 Å². The number of H-pyrrole nitrogens is 1. The number of hydrogen-bond acceptors (Lipinski definition) is 3. The molecule has 2 aliphatic rings. The van der Waals surface area contributed by atoms with Gasteiger partial charge in [-0.2, -0.15) is 5.10 Å². The summed E-state index contributed by atoms with van der Waals surface area (Å²) >= 11 is 0. The smallest absolute Gasteiger partial charge is 0.124 e. The van der Waals surface area contributed by atoms with Crippen LogP contribution in [-0.2, 0) is 32.9 Å². The van der Waals surface area contributed by atoms with Gasteiger partial charge in [-0.15, -0.1) is 0 Å². The summed E-state index contributed by atoms with van der Waals surface area (Å²) in [4.78, 5) is 11.2. The van der Waals surface area contributed by atoms with E-state index < -0.39 is 0 Å². The molecule has 1 atom stereocenters. The molecule has 4 rings (SSSR count). The lowest BCUT2D eigenvalue weighted by atomic mass is 10.0. The van der Waals surface area contributed by atoms with Crippen LogP contribution in [0.25, 0.3) is 0 Å². The summed E-state index contributed by atoms with van der Waals surface area (Å²) in [6.07, 6.45) is 10.6. The van der Waals surface area contributed by atoms with Crippen LogP contribution in [0.4, 0.5) is 0 Å². The van der Waals surface area contributed by atoms with Gasteiger partial charge in [-0.3, -0.25) is 9.58 Å². The molecule has 1 N–H and O–H groups in total. The Morgan fingerprint density at radius 3 is 2.96 bits per heavy atom. The van der Waals surface area contributed by atoms with E-state index in [4.69, 9.17) is 4.98 Å². The number of imidazole rings is 1. The van der Waals surface area contributed by atoms with Gasteiger partial charge in [0.2, 0.25) is 0 Å². The second kappa shape index (κ2) is 6.11. The zero-order chi connectivity index (χ0) is 15.8. The molecular weight excluding hydrogens is 286 g/mol. The zero-order valence-corrected chi connectivity index (χ0v) is 14.3. The highest BCUT2D eigenvalue weighted by Crippen LogP contribution is 2.33. The van der Waals surface area contributed by atoms with Crippen molar-refractivity contribution in [2.24, 2.45) is 7.05 Å². The first kappa shape index (κ1) is 14.9. The molecule has 1 saturated heterocycles. The predicted molar refractivity (Wildman–Crippen MR) is 90.2 cm³/mol. The molecule has 1 aliphatic carbocycles. The summed E-state index contributed by atoms with van der Waals surface area (Å²) in [5, 5.41) is 4.59. The Hall–Kier alpha value is -1.62. The van der Waals surface area contributed by atoms with Crippen molar-refractivity contribution in [3.63, 3.8) is 0 Å². The van der Waals surface area contributed by atoms with E-state index >= 15 is 0 Å². The average Bonchev–Trinajstić information content (AvgIpc) is 3.24. The molecule has 0 aromatic carbocycles. The molecule has 0 spiro atoms. The second-order valence-electron chi connectivity index (χ2n) is 7.01. The van der Waals surface area contributed by atoms with Crippen LogP contribution in [0, 0.1) is 0 Å². The maximum Gasteiger partial charge on any atom is 0.124 e. The fourth-order valence-electron chi connectivity index (χ4n) is 4.19. The lowest BCUT2D eigenvalue weighted by molar-refractivity contribution is 0.240. The van der Waals surface area contributed by atoms with Gasteiger partial charge in [-0.05, 0) is 51.5 Å². The van der Waals surface area contributed by atoms with Crippen LogP contribution in [0.15, 0.2) is 6.20 Å². The highest BCUT2D eigenvalue weighted by Gasteiger charge is 2.30. The molecule has 2 aromatic heterocycles. The van der Waals surface area contributed by atoms with Gasteiger partial charge in [0, 0.05) is 31.0 Å². The first-order valence-corrected chi connectivity index (χ1v) is 9.07. The van der Waals surface area contributed by atoms with Crippen LogP contribution in [0.1, 0.15) is 67.1 Å². The summed E-state index contributed by atoms with van der Waals surface area (Å²) in [6, 6.07) is 0.450. The number of hydrogen-bond donors (Lipinski definition) is 1. The Balaban J connectivity index is 1.55. The number of fused-ring (bicyclic) bond motifs is 1. The van der Waals surface area contributed by atoms with Crippen LogP contribution < -0.4 is 0 Å². The average molecular weight is 313 g/mol. The predicted octanol–water partition coefficient (Wildman–Crippen LogP) is 2.92. The maximum atomic E-state index is 4.95.